The Bertz CT molecular complexity index is 367. The number of piperidine rings is 1. The number of methoxy groups -OCH3 is 1. The molecule has 0 amide bonds. The van der Waals surface area contributed by atoms with E-state index >= 15 is 0 Å². The third-order valence-electron chi connectivity index (χ3n) is 3.36. The molecule has 1 aromatic carbocycles. The van der Waals surface area contributed by atoms with Gasteiger partial charge >= 0.3 is 5.97 Å². The van der Waals surface area contributed by atoms with Crippen molar-refractivity contribution < 1.29 is 9.53 Å². The van der Waals surface area contributed by atoms with Crippen LogP contribution in [0.15, 0.2) is 30.3 Å². The van der Waals surface area contributed by atoms with Crippen molar-refractivity contribution >= 4 is 30.8 Å². The summed E-state index contributed by atoms with van der Waals surface area (Å²) in [6, 6.07) is 10.1. The summed E-state index contributed by atoms with van der Waals surface area (Å²) in [5.41, 5.74) is 1.04. The molecule has 0 saturated carbocycles. The van der Waals surface area contributed by atoms with Gasteiger partial charge < -0.3 is 10.1 Å². The van der Waals surface area contributed by atoms with Crippen molar-refractivity contribution in [2.75, 3.05) is 13.7 Å². The van der Waals surface area contributed by atoms with E-state index in [0.717, 1.165) is 18.5 Å². The van der Waals surface area contributed by atoms with E-state index in [-0.39, 0.29) is 42.7 Å². The second-order valence-corrected chi connectivity index (χ2v) is 4.47. The minimum absolute atomic E-state index is 0. The highest BCUT2D eigenvalue weighted by atomic mass is 35.5. The minimum atomic E-state index is -0.179. The first-order chi connectivity index (χ1) is 8.33. The largest absolute Gasteiger partial charge is 0.469 e. The van der Waals surface area contributed by atoms with Crippen LogP contribution in [0.4, 0.5) is 0 Å². The molecule has 19 heavy (non-hydrogen) atoms. The molecule has 1 aliphatic heterocycles. The van der Waals surface area contributed by atoms with Crippen LogP contribution in [0.5, 0.6) is 0 Å². The van der Waals surface area contributed by atoms with Crippen molar-refractivity contribution in [3.63, 3.8) is 0 Å². The summed E-state index contributed by atoms with van der Waals surface area (Å²) in [6.45, 7) is 0.991. The number of benzene rings is 1. The molecule has 3 nitrogen and oxygen atoms in total. The van der Waals surface area contributed by atoms with Crippen LogP contribution in [0, 0.1) is 0 Å². The van der Waals surface area contributed by atoms with Crippen LogP contribution in [0.25, 0.3) is 0 Å². The molecule has 1 saturated heterocycles. The third kappa shape index (κ3) is 4.68. The zero-order valence-electron chi connectivity index (χ0n) is 11.0. The van der Waals surface area contributed by atoms with Gasteiger partial charge in [-0.1, -0.05) is 36.8 Å². The van der Waals surface area contributed by atoms with Crippen molar-refractivity contribution in [2.24, 2.45) is 0 Å². The summed E-state index contributed by atoms with van der Waals surface area (Å²) in [5, 5.41) is 3.43. The molecule has 108 valence electrons. The average Bonchev–Trinajstić information content (AvgIpc) is 2.41. The topological polar surface area (TPSA) is 38.3 Å². The Balaban J connectivity index is 0.00000162. The van der Waals surface area contributed by atoms with E-state index in [4.69, 9.17) is 4.74 Å². The summed E-state index contributed by atoms with van der Waals surface area (Å²) in [5.74, 6) is -0.322. The molecular formula is C14H21Cl2NO2. The highest BCUT2D eigenvalue weighted by molar-refractivity contribution is 5.85. The number of hydrogen-bond donors (Lipinski definition) is 1. The van der Waals surface area contributed by atoms with Crippen molar-refractivity contribution in [3.05, 3.63) is 35.9 Å². The Labute approximate surface area is 126 Å². The predicted molar refractivity (Wildman–Crippen MR) is 81.3 cm³/mol. The molecule has 0 bridgehead atoms. The number of esters is 1. The number of rotatable bonds is 3. The molecular weight excluding hydrogens is 285 g/mol. The molecule has 1 fully saturated rings. The van der Waals surface area contributed by atoms with Gasteiger partial charge in [0, 0.05) is 6.04 Å². The average molecular weight is 306 g/mol. The van der Waals surface area contributed by atoms with Crippen molar-refractivity contribution in [1.82, 2.24) is 5.32 Å². The zero-order chi connectivity index (χ0) is 12.1. The van der Waals surface area contributed by atoms with Crippen LogP contribution in [-0.2, 0) is 9.53 Å². The van der Waals surface area contributed by atoms with Crippen LogP contribution >= 0.6 is 24.8 Å². The zero-order valence-corrected chi connectivity index (χ0v) is 12.6. The molecule has 0 aromatic heterocycles. The maximum atomic E-state index is 11.9. The molecule has 1 heterocycles. The first-order valence-electron chi connectivity index (χ1n) is 6.19. The van der Waals surface area contributed by atoms with E-state index in [2.05, 4.69) is 5.32 Å². The maximum Gasteiger partial charge on any atom is 0.314 e. The van der Waals surface area contributed by atoms with E-state index in [1.54, 1.807) is 0 Å². The van der Waals surface area contributed by atoms with E-state index in [1.807, 2.05) is 30.3 Å². The Kier molecular flexibility index (Phi) is 8.81. The second-order valence-electron chi connectivity index (χ2n) is 4.47. The molecule has 2 atom stereocenters. The van der Waals surface area contributed by atoms with Gasteiger partial charge in [0.15, 0.2) is 0 Å². The van der Waals surface area contributed by atoms with Gasteiger partial charge in [-0.25, -0.2) is 0 Å². The summed E-state index contributed by atoms with van der Waals surface area (Å²) in [6.07, 6.45) is 3.41. The van der Waals surface area contributed by atoms with Crippen molar-refractivity contribution in [2.45, 2.75) is 31.2 Å². The summed E-state index contributed by atoms with van der Waals surface area (Å²) < 4.78 is 4.94. The minimum Gasteiger partial charge on any atom is -0.469 e. The fourth-order valence-corrected chi connectivity index (χ4v) is 2.48. The maximum absolute atomic E-state index is 11.9. The summed E-state index contributed by atoms with van der Waals surface area (Å²) >= 11 is 0. The predicted octanol–water partition coefficient (Wildman–Crippen LogP) is 2.93. The molecule has 0 radical (unpaired) electrons. The van der Waals surface area contributed by atoms with Gasteiger partial charge in [-0.05, 0) is 24.9 Å². The number of halogens is 2. The lowest BCUT2D eigenvalue weighted by atomic mass is 9.86. The first-order valence-corrected chi connectivity index (χ1v) is 6.19. The fraction of sp³-hybridized carbons (Fsp3) is 0.500. The SMILES string of the molecule is COC(=O)C(c1ccccc1)C1CCCCN1.Cl.Cl. The van der Waals surface area contributed by atoms with E-state index < -0.39 is 0 Å². The standard InChI is InChI=1S/C14H19NO2.2ClH/c1-17-14(16)13(11-7-3-2-4-8-11)12-9-5-6-10-15-12;;/h2-4,7-8,12-13,15H,5-6,9-10H2,1H3;2*1H. The number of hydrogen-bond acceptors (Lipinski definition) is 3. The van der Waals surface area contributed by atoms with Crippen LogP contribution < -0.4 is 5.32 Å². The highest BCUT2D eigenvalue weighted by Gasteiger charge is 2.31. The molecule has 1 aromatic rings. The summed E-state index contributed by atoms with van der Waals surface area (Å²) in [4.78, 5) is 11.9. The van der Waals surface area contributed by atoms with Crippen LogP contribution in [0.2, 0.25) is 0 Å². The lowest BCUT2D eigenvalue weighted by Gasteiger charge is -2.29. The second kappa shape index (κ2) is 9.18. The number of carbonyl (C=O) groups is 1. The van der Waals surface area contributed by atoms with Gasteiger partial charge in [-0.2, -0.15) is 0 Å². The first kappa shape index (κ1) is 18.2. The van der Waals surface area contributed by atoms with E-state index in [1.165, 1.54) is 20.0 Å². The van der Waals surface area contributed by atoms with Gasteiger partial charge in [0.05, 0.1) is 13.0 Å². The van der Waals surface area contributed by atoms with Gasteiger partial charge in [0.1, 0.15) is 0 Å². The van der Waals surface area contributed by atoms with E-state index in [0.29, 0.717) is 0 Å². The molecule has 0 aliphatic carbocycles. The molecule has 1 aliphatic rings. The molecule has 2 unspecified atom stereocenters. The van der Waals surface area contributed by atoms with Gasteiger partial charge in [-0.15, -0.1) is 24.8 Å². The fourth-order valence-electron chi connectivity index (χ4n) is 2.48. The molecule has 1 N–H and O–H groups in total. The number of nitrogens with one attached hydrogen (secondary N) is 1. The normalized spacial score (nSPS) is 19.5. The third-order valence-corrected chi connectivity index (χ3v) is 3.36. The van der Waals surface area contributed by atoms with Crippen LogP contribution in [0.1, 0.15) is 30.7 Å². The Morgan fingerprint density at radius 2 is 1.95 bits per heavy atom. The lowest BCUT2D eigenvalue weighted by molar-refractivity contribution is -0.143. The van der Waals surface area contributed by atoms with E-state index in [9.17, 15) is 4.79 Å². The Morgan fingerprint density at radius 3 is 2.47 bits per heavy atom. The smallest absolute Gasteiger partial charge is 0.314 e. The quantitative estimate of drug-likeness (QED) is 0.873. The Morgan fingerprint density at radius 1 is 1.26 bits per heavy atom. The van der Waals surface area contributed by atoms with Gasteiger partial charge in [0.25, 0.3) is 0 Å². The monoisotopic (exact) mass is 305 g/mol. The van der Waals surface area contributed by atoms with Gasteiger partial charge in [-0.3, -0.25) is 4.79 Å². The van der Waals surface area contributed by atoms with Crippen LogP contribution in [0.3, 0.4) is 0 Å². The number of ether oxygens (including phenoxy) is 1. The van der Waals surface area contributed by atoms with Crippen molar-refractivity contribution in [1.29, 1.82) is 0 Å². The highest BCUT2D eigenvalue weighted by Crippen LogP contribution is 2.26. The Hall–Kier alpha value is -0.770. The van der Waals surface area contributed by atoms with Crippen molar-refractivity contribution in [3.8, 4) is 0 Å². The molecule has 0 spiro atoms. The molecule has 5 heteroatoms. The summed E-state index contributed by atoms with van der Waals surface area (Å²) in [7, 11) is 1.46. The lowest BCUT2D eigenvalue weighted by Crippen LogP contribution is -2.42. The van der Waals surface area contributed by atoms with Gasteiger partial charge in [0.2, 0.25) is 0 Å². The molecule has 2 rings (SSSR count). The number of carbonyl (C=O) groups excluding carboxylic acids is 1. The van der Waals surface area contributed by atoms with Crippen LogP contribution in [-0.4, -0.2) is 25.7 Å².